The van der Waals surface area contributed by atoms with Crippen molar-refractivity contribution in [3.05, 3.63) is 12.2 Å². The molecule has 0 saturated heterocycles. The fraction of sp³-hybridized carbons (Fsp3) is 0.667. The monoisotopic (exact) mass is 226 g/mol. The van der Waals surface area contributed by atoms with Crippen LogP contribution >= 0.6 is 0 Å². The number of hydrogen-bond donors (Lipinski definition) is 0. The number of methoxy groups -OCH3 is 2. The van der Waals surface area contributed by atoms with Crippen molar-refractivity contribution in [1.29, 1.82) is 0 Å². The molecule has 1 rings (SSSR count). The molecule has 0 aliphatic heterocycles. The maximum Gasteiger partial charge on any atom is 0.312 e. The van der Waals surface area contributed by atoms with Crippen molar-refractivity contribution in [2.75, 3.05) is 14.2 Å². The predicted octanol–water partition coefficient (Wildman–Crippen LogP) is 1.55. The molecule has 0 heterocycles. The van der Waals surface area contributed by atoms with Gasteiger partial charge in [-0.15, -0.1) is 0 Å². The minimum atomic E-state index is -0.837. The van der Waals surface area contributed by atoms with Crippen molar-refractivity contribution in [1.82, 2.24) is 0 Å². The minimum Gasteiger partial charge on any atom is -0.469 e. The summed E-state index contributed by atoms with van der Waals surface area (Å²) in [6, 6.07) is 0. The summed E-state index contributed by atoms with van der Waals surface area (Å²) in [6.45, 7) is 3.66. The molecule has 1 aliphatic carbocycles. The molecular weight excluding hydrogens is 208 g/mol. The van der Waals surface area contributed by atoms with E-state index >= 15 is 0 Å². The zero-order chi connectivity index (χ0) is 12.3. The van der Waals surface area contributed by atoms with Crippen molar-refractivity contribution in [2.45, 2.75) is 20.3 Å². The molecule has 16 heavy (non-hydrogen) atoms. The Hall–Kier alpha value is -1.32. The first-order chi connectivity index (χ1) is 7.48. The second kappa shape index (κ2) is 4.68. The number of rotatable bonds is 2. The summed E-state index contributed by atoms with van der Waals surface area (Å²) in [5.74, 6) is -1.23. The van der Waals surface area contributed by atoms with Crippen molar-refractivity contribution in [3.63, 3.8) is 0 Å². The summed E-state index contributed by atoms with van der Waals surface area (Å²) < 4.78 is 9.55. The highest BCUT2D eigenvalue weighted by atomic mass is 16.5. The van der Waals surface area contributed by atoms with E-state index in [1.807, 2.05) is 19.1 Å². The molecule has 4 nitrogen and oxygen atoms in total. The van der Waals surface area contributed by atoms with Crippen molar-refractivity contribution >= 4 is 11.9 Å². The van der Waals surface area contributed by atoms with Crippen LogP contribution in [0.4, 0.5) is 0 Å². The van der Waals surface area contributed by atoms with Crippen molar-refractivity contribution < 1.29 is 19.1 Å². The first-order valence-electron chi connectivity index (χ1n) is 5.31. The number of carbonyl (C=O) groups excluding carboxylic acids is 2. The first-order valence-corrected chi connectivity index (χ1v) is 5.31. The van der Waals surface area contributed by atoms with Crippen LogP contribution in [-0.4, -0.2) is 26.2 Å². The highest BCUT2D eigenvalue weighted by Gasteiger charge is 2.50. The van der Waals surface area contributed by atoms with Gasteiger partial charge in [-0.25, -0.2) is 0 Å². The molecule has 1 aliphatic rings. The van der Waals surface area contributed by atoms with E-state index in [1.165, 1.54) is 14.2 Å². The van der Waals surface area contributed by atoms with Crippen LogP contribution in [0.15, 0.2) is 12.2 Å². The molecule has 3 atom stereocenters. The predicted molar refractivity (Wildman–Crippen MR) is 58.6 cm³/mol. The molecule has 0 radical (unpaired) electrons. The smallest absolute Gasteiger partial charge is 0.312 e. The lowest BCUT2D eigenvalue weighted by atomic mass is 9.64. The van der Waals surface area contributed by atoms with E-state index in [-0.39, 0.29) is 17.9 Å². The van der Waals surface area contributed by atoms with Crippen LogP contribution < -0.4 is 0 Å². The van der Waals surface area contributed by atoms with E-state index in [0.717, 1.165) is 0 Å². The van der Waals surface area contributed by atoms with Gasteiger partial charge in [-0.1, -0.05) is 19.1 Å². The van der Waals surface area contributed by atoms with Crippen LogP contribution in [0.25, 0.3) is 0 Å². The topological polar surface area (TPSA) is 52.6 Å². The van der Waals surface area contributed by atoms with E-state index in [4.69, 9.17) is 9.47 Å². The fourth-order valence-electron chi connectivity index (χ4n) is 2.21. The largest absolute Gasteiger partial charge is 0.469 e. The minimum absolute atomic E-state index is 0.0437. The Bertz CT molecular complexity index is 321. The maximum absolute atomic E-state index is 11.9. The van der Waals surface area contributed by atoms with E-state index in [2.05, 4.69) is 0 Å². The van der Waals surface area contributed by atoms with Crippen LogP contribution in [-0.2, 0) is 19.1 Å². The molecule has 0 aromatic rings. The summed E-state index contributed by atoms with van der Waals surface area (Å²) in [7, 11) is 2.68. The molecule has 0 spiro atoms. The molecule has 4 heteroatoms. The lowest BCUT2D eigenvalue weighted by Crippen LogP contribution is -2.47. The zero-order valence-corrected chi connectivity index (χ0v) is 10.1. The third-order valence-corrected chi connectivity index (χ3v) is 3.58. The number of carbonyl (C=O) groups is 2. The van der Waals surface area contributed by atoms with Gasteiger partial charge in [-0.3, -0.25) is 9.59 Å². The fourth-order valence-corrected chi connectivity index (χ4v) is 2.21. The molecule has 0 fully saturated rings. The van der Waals surface area contributed by atoms with E-state index in [1.54, 1.807) is 6.92 Å². The number of hydrogen-bond acceptors (Lipinski definition) is 4. The molecule has 0 saturated carbocycles. The highest BCUT2D eigenvalue weighted by Crippen LogP contribution is 2.43. The van der Waals surface area contributed by atoms with Gasteiger partial charge in [0.1, 0.15) is 0 Å². The molecule has 0 amide bonds. The molecule has 0 bridgehead atoms. The van der Waals surface area contributed by atoms with Crippen LogP contribution in [0.1, 0.15) is 20.3 Å². The van der Waals surface area contributed by atoms with Crippen molar-refractivity contribution in [2.24, 2.45) is 17.3 Å². The lowest BCUT2D eigenvalue weighted by Gasteiger charge is -2.39. The van der Waals surface area contributed by atoms with Gasteiger partial charge in [-0.05, 0) is 19.3 Å². The maximum atomic E-state index is 11.9. The Morgan fingerprint density at radius 3 is 2.44 bits per heavy atom. The second-order valence-corrected chi connectivity index (χ2v) is 4.30. The van der Waals surface area contributed by atoms with Gasteiger partial charge in [-0.2, -0.15) is 0 Å². The lowest BCUT2D eigenvalue weighted by molar-refractivity contribution is -0.168. The Balaban J connectivity index is 3.11. The molecule has 0 N–H and O–H groups in total. The first kappa shape index (κ1) is 12.7. The zero-order valence-electron chi connectivity index (χ0n) is 10.1. The standard InChI is InChI=1S/C12H18O4/c1-8-6-5-7-9(10(13)15-3)12(8,2)11(14)16-4/h5-6,8-9H,7H2,1-4H3/t8-,9+,12+/m1/s1. The molecule has 0 unspecified atom stereocenters. The van der Waals surface area contributed by atoms with Gasteiger partial charge >= 0.3 is 11.9 Å². The average molecular weight is 226 g/mol. The molecular formula is C12H18O4. The van der Waals surface area contributed by atoms with E-state index in [9.17, 15) is 9.59 Å². The molecule has 0 aromatic heterocycles. The van der Waals surface area contributed by atoms with Gasteiger partial charge in [0.15, 0.2) is 0 Å². The van der Waals surface area contributed by atoms with Crippen molar-refractivity contribution in [3.8, 4) is 0 Å². The van der Waals surface area contributed by atoms with Gasteiger partial charge in [0.2, 0.25) is 0 Å². The molecule has 90 valence electrons. The van der Waals surface area contributed by atoms with Gasteiger partial charge in [0.25, 0.3) is 0 Å². The van der Waals surface area contributed by atoms with E-state index < -0.39 is 11.3 Å². The van der Waals surface area contributed by atoms with E-state index in [0.29, 0.717) is 6.42 Å². The summed E-state index contributed by atoms with van der Waals surface area (Å²) in [6.07, 6.45) is 4.37. The summed E-state index contributed by atoms with van der Waals surface area (Å²) >= 11 is 0. The second-order valence-electron chi connectivity index (χ2n) is 4.30. The van der Waals surface area contributed by atoms with Gasteiger partial charge < -0.3 is 9.47 Å². The van der Waals surface area contributed by atoms with Crippen LogP contribution in [0.3, 0.4) is 0 Å². The van der Waals surface area contributed by atoms with Gasteiger partial charge in [0, 0.05) is 0 Å². The molecule has 0 aromatic carbocycles. The highest BCUT2D eigenvalue weighted by molar-refractivity contribution is 5.86. The third-order valence-electron chi connectivity index (χ3n) is 3.58. The van der Waals surface area contributed by atoms with Crippen LogP contribution in [0.5, 0.6) is 0 Å². The number of esters is 2. The number of ether oxygens (including phenoxy) is 2. The quantitative estimate of drug-likeness (QED) is 0.529. The SMILES string of the molecule is COC(=O)[C@@H]1CC=C[C@@H](C)[C@]1(C)C(=O)OC. The summed E-state index contributed by atoms with van der Waals surface area (Å²) in [4.78, 5) is 23.6. The Kier molecular flexibility index (Phi) is 3.73. The Morgan fingerprint density at radius 1 is 1.31 bits per heavy atom. The van der Waals surface area contributed by atoms with Crippen LogP contribution in [0, 0.1) is 17.3 Å². The van der Waals surface area contributed by atoms with Gasteiger partial charge in [0.05, 0.1) is 25.6 Å². The average Bonchev–Trinajstić information content (AvgIpc) is 2.30. The number of allylic oxidation sites excluding steroid dienone is 2. The Labute approximate surface area is 95.6 Å². The summed E-state index contributed by atoms with van der Waals surface area (Å²) in [5, 5.41) is 0. The Morgan fingerprint density at radius 2 is 1.94 bits per heavy atom. The van der Waals surface area contributed by atoms with Crippen LogP contribution in [0.2, 0.25) is 0 Å². The summed E-state index contributed by atoms with van der Waals surface area (Å²) in [5.41, 5.74) is -0.837. The third kappa shape index (κ3) is 1.84. The normalized spacial score (nSPS) is 33.2.